The predicted octanol–water partition coefficient (Wildman–Crippen LogP) is 7.63. The van der Waals surface area contributed by atoms with E-state index in [0.717, 1.165) is 72.2 Å². The smallest absolute Gasteiger partial charge is 0.314 e. The van der Waals surface area contributed by atoms with Crippen LogP contribution >= 0.6 is 0 Å². The zero-order valence-corrected chi connectivity index (χ0v) is 21.0. The molecule has 1 atom stereocenters. The minimum Gasteiger partial charge on any atom is -0.481 e. The molecule has 36 heavy (non-hydrogen) atoms. The lowest BCUT2D eigenvalue weighted by molar-refractivity contribution is -0.140. The molecule has 1 saturated carbocycles. The van der Waals surface area contributed by atoms with Crippen LogP contribution in [0.3, 0.4) is 0 Å². The number of rotatable bonds is 10. The first-order valence-corrected chi connectivity index (χ1v) is 12.9. The fourth-order valence-corrected chi connectivity index (χ4v) is 5.16. The number of carboxylic acids is 1. The summed E-state index contributed by atoms with van der Waals surface area (Å²) in [6.45, 7) is 4.30. The van der Waals surface area contributed by atoms with Crippen LogP contribution < -0.4 is 0 Å². The van der Waals surface area contributed by atoms with Crippen molar-refractivity contribution in [3.05, 3.63) is 101 Å². The number of nitrogens with zero attached hydrogens (tertiary/aromatic N) is 1. The molecule has 0 bridgehead atoms. The van der Waals surface area contributed by atoms with Gasteiger partial charge < -0.3 is 9.63 Å². The molecule has 1 aliphatic rings. The molecule has 1 unspecified atom stereocenters. The van der Waals surface area contributed by atoms with E-state index in [1.54, 1.807) is 0 Å². The monoisotopic (exact) mass is 479 g/mol. The lowest BCUT2D eigenvalue weighted by Gasteiger charge is -2.15. The normalized spacial score (nSPS) is 14.9. The molecule has 0 amide bonds. The zero-order chi connectivity index (χ0) is 25.1. The Kier molecular flexibility index (Phi) is 6.77. The molecule has 184 valence electrons. The van der Waals surface area contributed by atoms with E-state index in [1.807, 2.05) is 31.2 Å². The van der Waals surface area contributed by atoms with Crippen LogP contribution in [0, 0.1) is 12.8 Å². The van der Waals surface area contributed by atoms with Crippen LogP contribution in [0.15, 0.2) is 83.4 Å². The van der Waals surface area contributed by atoms with Crippen LogP contribution in [0.25, 0.3) is 22.5 Å². The molecule has 0 aliphatic heterocycles. The van der Waals surface area contributed by atoms with Crippen molar-refractivity contribution in [2.45, 2.75) is 57.8 Å². The molecule has 4 heteroatoms. The number of benzene rings is 3. The maximum atomic E-state index is 11.6. The second-order valence-corrected chi connectivity index (χ2v) is 10.1. The number of carbonyl (C=O) groups is 1. The van der Waals surface area contributed by atoms with Crippen LogP contribution in [-0.4, -0.2) is 16.2 Å². The summed E-state index contributed by atoms with van der Waals surface area (Å²) >= 11 is 0. The largest absolute Gasteiger partial charge is 0.481 e. The van der Waals surface area contributed by atoms with Gasteiger partial charge in [-0.2, -0.15) is 0 Å². The molecule has 5 rings (SSSR count). The molecule has 4 nitrogen and oxygen atoms in total. The van der Waals surface area contributed by atoms with Gasteiger partial charge in [0.05, 0.1) is 11.1 Å². The highest BCUT2D eigenvalue weighted by Gasteiger charge is 2.51. The van der Waals surface area contributed by atoms with Crippen LogP contribution in [0.5, 0.6) is 0 Å². The molecule has 0 radical (unpaired) electrons. The third-order valence-electron chi connectivity index (χ3n) is 7.82. The Morgan fingerprint density at radius 3 is 2.14 bits per heavy atom. The first-order valence-electron chi connectivity index (χ1n) is 12.9. The van der Waals surface area contributed by atoms with E-state index in [0.29, 0.717) is 5.92 Å². The van der Waals surface area contributed by atoms with E-state index in [-0.39, 0.29) is 0 Å². The van der Waals surface area contributed by atoms with Gasteiger partial charge in [0.2, 0.25) is 0 Å². The van der Waals surface area contributed by atoms with E-state index in [2.05, 4.69) is 66.7 Å². The van der Waals surface area contributed by atoms with E-state index in [9.17, 15) is 9.90 Å². The number of aromatic nitrogens is 1. The standard InChI is InChI=1S/C32H33NO3/c1-3-23(9-10-24-7-5-4-6-8-24)21-29-22(2)33-36-30(29)27-13-11-25(12-14-27)26-15-17-28(18-16-26)32(19-20-32)31(34)35/h4-8,11-18,23H,3,9-10,19-21H2,1-2H3,(H,34,35). The van der Waals surface area contributed by atoms with Crippen LogP contribution in [0.1, 0.15) is 55.0 Å². The molecule has 4 aromatic rings. The van der Waals surface area contributed by atoms with E-state index in [4.69, 9.17) is 4.52 Å². The van der Waals surface area contributed by atoms with Crippen molar-refractivity contribution in [2.24, 2.45) is 5.92 Å². The molecule has 0 saturated heterocycles. The summed E-state index contributed by atoms with van der Waals surface area (Å²) in [5.74, 6) is 0.716. The maximum absolute atomic E-state index is 11.6. The molecule has 1 aromatic heterocycles. The van der Waals surface area contributed by atoms with Gasteiger partial charge in [-0.3, -0.25) is 4.79 Å². The summed E-state index contributed by atoms with van der Waals surface area (Å²) < 4.78 is 5.81. The minimum atomic E-state index is -0.719. The minimum absolute atomic E-state index is 0.570. The molecule has 1 heterocycles. The molecule has 1 fully saturated rings. The third kappa shape index (κ3) is 4.86. The van der Waals surface area contributed by atoms with Crippen molar-refractivity contribution in [1.29, 1.82) is 0 Å². The molecule has 3 aromatic carbocycles. The van der Waals surface area contributed by atoms with Crippen LogP contribution in [0.2, 0.25) is 0 Å². The lowest BCUT2D eigenvalue weighted by Crippen LogP contribution is -2.19. The van der Waals surface area contributed by atoms with Gasteiger partial charge in [0.15, 0.2) is 5.76 Å². The third-order valence-corrected chi connectivity index (χ3v) is 7.82. The average molecular weight is 480 g/mol. The fourth-order valence-electron chi connectivity index (χ4n) is 5.16. The highest BCUT2D eigenvalue weighted by molar-refractivity contribution is 5.85. The van der Waals surface area contributed by atoms with Gasteiger partial charge in [-0.15, -0.1) is 0 Å². The topological polar surface area (TPSA) is 63.3 Å². The second-order valence-electron chi connectivity index (χ2n) is 10.1. The summed E-state index contributed by atoms with van der Waals surface area (Å²) in [6, 6.07) is 27.0. The highest BCUT2D eigenvalue weighted by atomic mass is 16.5. The van der Waals surface area contributed by atoms with Gasteiger partial charge in [-0.05, 0) is 67.2 Å². The van der Waals surface area contributed by atoms with Crippen molar-refractivity contribution < 1.29 is 14.4 Å². The quantitative estimate of drug-likeness (QED) is 0.254. The molecular weight excluding hydrogens is 446 g/mol. The Bertz CT molecular complexity index is 1320. The van der Waals surface area contributed by atoms with Crippen molar-refractivity contribution in [3.8, 4) is 22.5 Å². The lowest BCUT2D eigenvalue weighted by atomic mass is 9.89. The number of carboxylic acid groups (broad SMARTS) is 1. The fraction of sp³-hybridized carbons (Fsp3) is 0.312. The number of hydrogen-bond donors (Lipinski definition) is 1. The maximum Gasteiger partial charge on any atom is 0.314 e. The Morgan fingerprint density at radius 1 is 0.944 bits per heavy atom. The van der Waals surface area contributed by atoms with Crippen LogP contribution in [-0.2, 0) is 23.1 Å². The Labute approximate surface area is 213 Å². The van der Waals surface area contributed by atoms with Crippen molar-refractivity contribution in [3.63, 3.8) is 0 Å². The number of aliphatic carboxylic acids is 1. The van der Waals surface area contributed by atoms with Crippen molar-refractivity contribution >= 4 is 5.97 Å². The Hall–Kier alpha value is -3.66. The Morgan fingerprint density at radius 2 is 1.56 bits per heavy atom. The Balaban J connectivity index is 1.30. The predicted molar refractivity (Wildman–Crippen MR) is 143 cm³/mol. The van der Waals surface area contributed by atoms with Gasteiger partial charge in [0.1, 0.15) is 0 Å². The average Bonchev–Trinajstić information content (AvgIpc) is 3.66. The van der Waals surface area contributed by atoms with Gasteiger partial charge in [-0.1, -0.05) is 97.4 Å². The van der Waals surface area contributed by atoms with Gasteiger partial charge in [-0.25, -0.2) is 0 Å². The molecule has 1 aliphatic carbocycles. The molecular formula is C32H33NO3. The van der Waals surface area contributed by atoms with Gasteiger partial charge in [0, 0.05) is 11.1 Å². The van der Waals surface area contributed by atoms with Gasteiger partial charge >= 0.3 is 5.97 Å². The zero-order valence-electron chi connectivity index (χ0n) is 21.0. The number of hydrogen-bond acceptors (Lipinski definition) is 3. The second kappa shape index (κ2) is 10.1. The molecule has 1 N–H and O–H groups in total. The first-order chi connectivity index (χ1) is 17.5. The van der Waals surface area contributed by atoms with E-state index < -0.39 is 11.4 Å². The van der Waals surface area contributed by atoms with Gasteiger partial charge in [0.25, 0.3) is 0 Å². The summed E-state index contributed by atoms with van der Waals surface area (Å²) in [5, 5.41) is 13.9. The van der Waals surface area contributed by atoms with Crippen LogP contribution in [0.4, 0.5) is 0 Å². The summed E-state index contributed by atoms with van der Waals surface area (Å²) in [6.07, 6.45) is 5.75. The summed E-state index contributed by atoms with van der Waals surface area (Å²) in [4.78, 5) is 11.6. The SMILES string of the molecule is CCC(CCc1ccccc1)Cc1c(C)noc1-c1ccc(-c2ccc(C3(C(=O)O)CC3)cc2)cc1. The van der Waals surface area contributed by atoms with Crippen molar-refractivity contribution in [2.75, 3.05) is 0 Å². The van der Waals surface area contributed by atoms with Crippen molar-refractivity contribution in [1.82, 2.24) is 5.16 Å². The van der Waals surface area contributed by atoms with E-state index in [1.165, 1.54) is 11.1 Å². The molecule has 0 spiro atoms. The van der Waals surface area contributed by atoms with E-state index >= 15 is 0 Å². The highest BCUT2D eigenvalue weighted by Crippen LogP contribution is 2.48. The summed E-state index contributed by atoms with van der Waals surface area (Å²) in [5.41, 5.74) is 7.00. The first kappa shape index (κ1) is 24.1. The summed E-state index contributed by atoms with van der Waals surface area (Å²) in [7, 11) is 0. The number of aryl methyl sites for hydroxylation is 2.